The highest BCUT2D eigenvalue weighted by Crippen LogP contribution is 2.07. The molecule has 0 unspecified atom stereocenters. The van der Waals surface area contributed by atoms with E-state index in [1.165, 1.54) is 6.26 Å². The quantitative estimate of drug-likeness (QED) is 0.818. The SMILES string of the molecule is C[C@@H](CCS(C)(=O)=O)NC(=O)OC(C)(C)C. The second-order valence-electron chi connectivity index (χ2n) is 4.97. The molecule has 0 saturated heterocycles. The van der Waals surface area contributed by atoms with Gasteiger partial charge in [-0.3, -0.25) is 0 Å². The molecule has 0 fully saturated rings. The van der Waals surface area contributed by atoms with Crippen LogP contribution in [-0.4, -0.2) is 38.2 Å². The number of sulfone groups is 1. The molecule has 1 atom stereocenters. The van der Waals surface area contributed by atoms with Gasteiger partial charge in [0.05, 0.1) is 5.75 Å². The van der Waals surface area contributed by atoms with Crippen LogP contribution in [0, 0.1) is 0 Å². The molecular weight excluding hydrogens is 230 g/mol. The Hall–Kier alpha value is -0.780. The third-order valence-corrected chi connectivity index (χ3v) is 2.66. The summed E-state index contributed by atoms with van der Waals surface area (Å²) >= 11 is 0. The Labute approximate surface area is 97.5 Å². The number of amides is 1. The lowest BCUT2D eigenvalue weighted by Gasteiger charge is -2.21. The minimum absolute atomic E-state index is 0.0595. The lowest BCUT2D eigenvalue weighted by atomic mass is 10.2. The third kappa shape index (κ3) is 9.76. The largest absolute Gasteiger partial charge is 0.444 e. The molecule has 0 aliphatic heterocycles. The van der Waals surface area contributed by atoms with Crippen LogP contribution in [0.1, 0.15) is 34.1 Å². The highest BCUT2D eigenvalue weighted by atomic mass is 32.2. The second-order valence-corrected chi connectivity index (χ2v) is 7.23. The van der Waals surface area contributed by atoms with Gasteiger partial charge in [0.15, 0.2) is 0 Å². The minimum Gasteiger partial charge on any atom is -0.444 e. The van der Waals surface area contributed by atoms with Crippen molar-refractivity contribution in [1.29, 1.82) is 0 Å². The van der Waals surface area contributed by atoms with Crippen LogP contribution >= 0.6 is 0 Å². The van der Waals surface area contributed by atoms with Gasteiger partial charge in [0, 0.05) is 12.3 Å². The second kappa shape index (κ2) is 5.52. The van der Waals surface area contributed by atoms with E-state index in [2.05, 4.69) is 5.32 Å². The minimum atomic E-state index is -2.98. The van der Waals surface area contributed by atoms with Crippen LogP contribution in [0.4, 0.5) is 4.79 Å². The molecule has 0 rings (SSSR count). The Morgan fingerprint density at radius 2 is 1.88 bits per heavy atom. The summed E-state index contributed by atoms with van der Waals surface area (Å²) in [6, 6.07) is -0.218. The maximum Gasteiger partial charge on any atom is 0.407 e. The maximum atomic E-state index is 11.3. The number of carbonyl (C=O) groups excluding carboxylic acids is 1. The first kappa shape index (κ1) is 15.2. The van der Waals surface area contributed by atoms with Crippen LogP contribution < -0.4 is 5.32 Å². The molecule has 0 saturated carbocycles. The van der Waals surface area contributed by atoms with Crippen molar-refractivity contribution >= 4 is 15.9 Å². The van der Waals surface area contributed by atoms with Gasteiger partial charge in [0.2, 0.25) is 0 Å². The standard InChI is InChI=1S/C10H21NO4S/c1-8(6-7-16(5,13)14)11-9(12)15-10(2,3)4/h8H,6-7H2,1-5H3,(H,11,12)/t8-/m0/s1. The van der Waals surface area contributed by atoms with Crippen molar-refractivity contribution in [2.75, 3.05) is 12.0 Å². The van der Waals surface area contributed by atoms with Crippen molar-refractivity contribution in [3.63, 3.8) is 0 Å². The van der Waals surface area contributed by atoms with Crippen LogP contribution in [0.2, 0.25) is 0 Å². The Morgan fingerprint density at radius 1 is 1.38 bits per heavy atom. The maximum absolute atomic E-state index is 11.3. The summed E-state index contributed by atoms with van der Waals surface area (Å²) in [5.74, 6) is 0.0595. The van der Waals surface area contributed by atoms with E-state index in [1.54, 1.807) is 27.7 Å². The van der Waals surface area contributed by atoms with Gasteiger partial charge in [0.1, 0.15) is 15.4 Å². The Balaban J connectivity index is 3.97. The fourth-order valence-corrected chi connectivity index (χ4v) is 1.75. The molecule has 6 heteroatoms. The summed E-state index contributed by atoms with van der Waals surface area (Å²) in [5.41, 5.74) is -0.541. The van der Waals surface area contributed by atoms with Gasteiger partial charge in [0.25, 0.3) is 0 Å². The van der Waals surface area contributed by atoms with Gasteiger partial charge >= 0.3 is 6.09 Å². The number of hydrogen-bond acceptors (Lipinski definition) is 4. The van der Waals surface area contributed by atoms with Gasteiger partial charge in [-0.2, -0.15) is 0 Å². The highest BCUT2D eigenvalue weighted by molar-refractivity contribution is 7.90. The molecule has 0 aromatic carbocycles. The fourth-order valence-electron chi connectivity index (χ4n) is 0.972. The lowest BCUT2D eigenvalue weighted by Crippen LogP contribution is -2.38. The predicted molar refractivity (Wildman–Crippen MR) is 63.2 cm³/mol. The van der Waals surface area contributed by atoms with E-state index in [1.807, 2.05) is 0 Å². The molecule has 1 N–H and O–H groups in total. The molecule has 5 nitrogen and oxygen atoms in total. The number of rotatable bonds is 4. The first-order valence-corrected chi connectivity index (χ1v) is 7.23. The number of alkyl carbamates (subject to hydrolysis) is 1. The lowest BCUT2D eigenvalue weighted by molar-refractivity contribution is 0.0507. The zero-order valence-electron chi connectivity index (χ0n) is 10.5. The molecule has 0 radical (unpaired) electrons. The summed E-state index contributed by atoms with van der Waals surface area (Å²) in [4.78, 5) is 11.3. The number of ether oxygens (including phenoxy) is 1. The van der Waals surface area contributed by atoms with E-state index < -0.39 is 21.5 Å². The predicted octanol–water partition coefficient (Wildman–Crippen LogP) is 1.33. The zero-order chi connectivity index (χ0) is 13.0. The molecule has 0 aromatic rings. The van der Waals surface area contributed by atoms with Crippen molar-refractivity contribution in [1.82, 2.24) is 5.32 Å². The van der Waals surface area contributed by atoms with Crippen molar-refractivity contribution in [3.05, 3.63) is 0 Å². The molecule has 0 aliphatic rings. The van der Waals surface area contributed by atoms with E-state index in [0.717, 1.165) is 0 Å². The van der Waals surface area contributed by atoms with Gasteiger partial charge in [-0.15, -0.1) is 0 Å². The summed E-state index contributed by atoms with van der Waals surface area (Å²) in [5, 5.41) is 2.58. The van der Waals surface area contributed by atoms with Crippen molar-refractivity contribution in [3.8, 4) is 0 Å². The Morgan fingerprint density at radius 3 is 2.25 bits per heavy atom. The molecule has 0 heterocycles. The van der Waals surface area contributed by atoms with Crippen molar-refractivity contribution in [2.45, 2.75) is 45.8 Å². The summed E-state index contributed by atoms with van der Waals surface area (Å²) < 4.78 is 26.9. The van der Waals surface area contributed by atoms with Crippen molar-refractivity contribution < 1.29 is 17.9 Å². The number of nitrogens with one attached hydrogen (secondary N) is 1. The molecule has 0 spiro atoms. The Bertz CT molecular complexity index is 329. The monoisotopic (exact) mass is 251 g/mol. The summed E-state index contributed by atoms with van der Waals surface area (Å²) in [6.07, 6.45) is 1.04. The highest BCUT2D eigenvalue weighted by Gasteiger charge is 2.18. The smallest absolute Gasteiger partial charge is 0.407 e. The van der Waals surface area contributed by atoms with Gasteiger partial charge < -0.3 is 10.1 Å². The van der Waals surface area contributed by atoms with E-state index in [0.29, 0.717) is 6.42 Å². The molecule has 0 bridgehead atoms. The molecular formula is C10H21NO4S. The van der Waals surface area contributed by atoms with E-state index >= 15 is 0 Å². The van der Waals surface area contributed by atoms with Gasteiger partial charge in [-0.1, -0.05) is 0 Å². The number of hydrogen-bond donors (Lipinski definition) is 1. The average molecular weight is 251 g/mol. The normalized spacial score (nSPS) is 14.3. The zero-order valence-corrected chi connectivity index (χ0v) is 11.3. The molecule has 96 valence electrons. The van der Waals surface area contributed by atoms with Crippen LogP contribution in [0.3, 0.4) is 0 Å². The summed E-state index contributed by atoms with van der Waals surface area (Å²) in [6.45, 7) is 7.06. The van der Waals surface area contributed by atoms with E-state index in [9.17, 15) is 13.2 Å². The first-order chi connectivity index (χ1) is 6.99. The first-order valence-electron chi connectivity index (χ1n) is 5.17. The molecule has 0 aliphatic carbocycles. The van der Waals surface area contributed by atoms with Gasteiger partial charge in [-0.25, -0.2) is 13.2 Å². The molecule has 0 aromatic heterocycles. The molecule has 16 heavy (non-hydrogen) atoms. The third-order valence-electron chi connectivity index (χ3n) is 1.68. The average Bonchev–Trinajstić information content (AvgIpc) is 1.95. The number of carbonyl (C=O) groups is 1. The van der Waals surface area contributed by atoms with Gasteiger partial charge in [-0.05, 0) is 34.1 Å². The van der Waals surface area contributed by atoms with Crippen molar-refractivity contribution in [2.24, 2.45) is 0 Å². The van der Waals surface area contributed by atoms with Crippen LogP contribution in [0.25, 0.3) is 0 Å². The molecule has 1 amide bonds. The Kier molecular flexibility index (Phi) is 5.25. The summed E-state index contributed by atoms with van der Waals surface area (Å²) in [7, 11) is -2.98. The van der Waals surface area contributed by atoms with Crippen LogP contribution in [0.5, 0.6) is 0 Å². The topological polar surface area (TPSA) is 72.5 Å². The van der Waals surface area contributed by atoms with Crippen LogP contribution in [-0.2, 0) is 14.6 Å². The van der Waals surface area contributed by atoms with Crippen LogP contribution in [0.15, 0.2) is 0 Å². The fraction of sp³-hybridized carbons (Fsp3) is 0.900. The van der Waals surface area contributed by atoms with E-state index in [-0.39, 0.29) is 11.8 Å². The van der Waals surface area contributed by atoms with E-state index in [4.69, 9.17) is 4.74 Å².